The molecule has 6 nitrogen and oxygen atoms in total. The molecule has 0 N–H and O–H groups in total. The van der Waals surface area contributed by atoms with E-state index < -0.39 is 0 Å². The molecule has 0 saturated carbocycles. The van der Waals surface area contributed by atoms with Crippen molar-refractivity contribution in [1.29, 1.82) is 0 Å². The van der Waals surface area contributed by atoms with Crippen LogP contribution in [0.3, 0.4) is 0 Å². The Balaban J connectivity index is 0.000000130. The fraction of sp³-hybridized carbons (Fsp3) is 0. The van der Waals surface area contributed by atoms with Gasteiger partial charge in [-0.3, -0.25) is 9.13 Å². The summed E-state index contributed by atoms with van der Waals surface area (Å²) in [5, 5.41) is 24.2. The third kappa shape index (κ3) is 7.33. The molecule has 0 unspecified atom stereocenters. The van der Waals surface area contributed by atoms with Crippen LogP contribution in [0.1, 0.15) is 0 Å². The van der Waals surface area contributed by atoms with Crippen LogP contribution in [0.15, 0.2) is 291 Å². The van der Waals surface area contributed by atoms with E-state index in [1.165, 1.54) is 97.0 Å². The zero-order valence-electron chi connectivity index (χ0n) is 46.4. The molecular formula is C80H48N6. The molecule has 19 aromatic rings. The highest BCUT2D eigenvalue weighted by Gasteiger charge is 2.23. The molecule has 6 heteroatoms. The number of hydrogen-bond donors (Lipinski definition) is 0. The van der Waals surface area contributed by atoms with Crippen molar-refractivity contribution in [3.05, 3.63) is 291 Å². The molecule has 0 amide bonds. The van der Waals surface area contributed by atoms with Crippen molar-refractivity contribution in [2.75, 3.05) is 0 Å². The molecule has 19 rings (SSSR count). The van der Waals surface area contributed by atoms with E-state index in [0.717, 1.165) is 66.4 Å². The van der Waals surface area contributed by atoms with Gasteiger partial charge in [-0.15, -0.1) is 0 Å². The second-order valence-electron chi connectivity index (χ2n) is 22.4. The summed E-state index contributed by atoms with van der Waals surface area (Å²) in [6.45, 7) is 0. The largest absolute Gasteiger partial charge is 0.278 e. The van der Waals surface area contributed by atoms with Crippen LogP contribution < -0.4 is 0 Å². The molecule has 0 atom stereocenters. The Hall–Kier alpha value is -11.6. The number of benzene rings is 15. The fourth-order valence-corrected chi connectivity index (χ4v) is 13.9. The van der Waals surface area contributed by atoms with Gasteiger partial charge in [0, 0.05) is 43.4 Å². The predicted molar refractivity (Wildman–Crippen MR) is 361 cm³/mol. The first-order chi connectivity index (χ1) is 42.7. The first kappa shape index (κ1) is 48.0. The Morgan fingerprint density at radius 1 is 0.209 bits per heavy atom. The van der Waals surface area contributed by atoms with Crippen LogP contribution in [0.4, 0.5) is 0 Å². The van der Waals surface area contributed by atoms with Crippen LogP contribution in [0.2, 0.25) is 0 Å². The summed E-state index contributed by atoms with van der Waals surface area (Å²) in [5.41, 5.74) is 10.3. The highest BCUT2D eigenvalue weighted by atomic mass is 15.2. The smallest absolute Gasteiger partial charge is 0.235 e. The van der Waals surface area contributed by atoms with E-state index in [1.54, 1.807) is 0 Å². The van der Waals surface area contributed by atoms with Crippen LogP contribution >= 0.6 is 0 Å². The SMILES string of the molecule is c1ccc2c(-c3nc(-n4c5ccc6ccccc6c5c5c6ccccc6ccc54)nc4ccccc34)cccc2c1.c1ccc2c(c1)ccc1cc(-c3nc(-n4c5ccc6ccccc6c5c5c6ccccc6ccc54)nc4ccccc34)ccc12. The van der Waals surface area contributed by atoms with Gasteiger partial charge in [0.2, 0.25) is 11.9 Å². The maximum absolute atomic E-state index is 5.39. The third-order valence-corrected chi connectivity index (χ3v) is 17.7. The number of aromatic nitrogens is 6. The van der Waals surface area contributed by atoms with E-state index in [4.69, 9.17) is 19.9 Å². The van der Waals surface area contributed by atoms with Crippen molar-refractivity contribution in [2.24, 2.45) is 0 Å². The van der Waals surface area contributed by atoms with Crippen molar-refractivity contribution in [3.8, 4) is 34.4 Å². The summed E-state index contributed by atoms with van der Waals surface area (Å²) in [6.07, 6.45) is 0. The van der Waals surface area contributed by atoms with Crippen molar-refractivity contribution < 1.29 is 0 Å². The van der Waals surface area contributed by atoms with Crippen LogP contribution in [-0.2, 0) is 0 Å². The summed E-state index contributed by atoms with van der Waals surface area (Å²) >= 11 is 0. The van der Waals surface area contributed by atoms with Gasteiger partial charge in [-0.2, -0.15) is 0 Å². The molecule has 0 spiro atoms. The molecule has 0 aliphatic heterocycles. The van der Waals surface area contributed by atoms with E-state index in [1.807, 2.05) is 0 Å². The van der Waals surface area contributed by atoms with Crippen LogP contribution in [0, 0.1) is 0 Å². The van der Waals surface area contributed by atoms with E-state index in [-0.39, 0.29) is 0 Å². The van der Waals surface area contributed by atoms with Gasteiger partial charge < -0.3 is 0 Å². The molecule has 4 heterocycles. The summed E-state index contributed by atoms with van der Waals surface area (Å²) in [6, 6.07) is 104. The molecule has 0 saturated heterocycles. The van der Waals surface area contributed by atoms with E-state index in [0.29, 0.717) is 11.9 Å². The maximum atomic E-state index is 5.39. The summed E-state index contributed by atoms with van der Waals surface area (Å²) in [7, 11) is 0. The molecule has 15 aromatic carbocycles. The lowest BCUT2D eigenvalue weighted by atomic mass is 9.98. The molecule has 0 radical (unpaired) electrons. The Morgan fingerprint density at radius 3 is 1.01 bits per heavy atom. The molecule has 0 aliphatic carbocycles. The van der Waals surface area contributed by atoms with Crippen LogP contribution in [0.5, 0.6) is 0 Å². The van der Waals surface area contributed by atoms with Crippen LogP contribution in [0.25, 0.3) is 175 Å². The average Bonchev–Trinajstić information content (AvgIpc) is 2.57. The molecule has 398 valence electrons. The molecule has 0 aliphatic rings. The lowest BCUT2D eigenvalue weighted by Gasteiger charge is -2.13. The molecule has 86 heavy (non-hydrogen) atoms. The molecule has 0 bridgehead atoms. The second-order valence-corrected chi connectivity index (χ2v) is 22.4. The Labute approximate surface area is 492 Å². The van der Waals surface area contributed by atoms with Crippen LogP contribution in [-0.4, -0.2) is 29.1 Å². The number of fused-ring (bicyclic) bond motifs is 20. The van der Waals surface area contributed by atoms with Gasteiger partial charge in [-0.1, -0.05) is 249 Å². The summed E-state index contributed by atoms with van der Waals surface area (Å²) in [5.74, 6) is 1.35. The van der Waals surface area contributed by atoms with Crippen molar-refractivity contribution in [1.82, 2.24) is 29.1 Å². The highest BCUT2D eigenvalue weighted by molar-refractivity contribution is 6.30. The number of hydrogen-bond acceptors (Lipinski definition) is 4. The minimum atomic E-state index is 0.674. The monoisotopic (exact) mass is 1090 g/mol. The Kier molecular flexibility index (Phi) is 10.6. The fourth-order valence-electron chi connectivity index (χ4n) is 13.9. The van der Waals surface area contributed by atoms with E-state index in [2.05, 4.69) is 300 Å². The Morgan fingerprint density at radius 2 is 0.535 bits per heavy atom. The topological polar surface area (TPSA) is 61.4 Å². The van der Waals surface area contributed by atoms with Crippen molar-refractivity contribution in [3.63, 3.8) is 0 Å². The first-order valence-corrected chi connectivity index (χ1v) is 29.3. The highest BCUT2D eigenvalue weighted by Crippen LogP contribution is 2.44. The minimum absolute atomic E-state index is 0.674. The standard InChI is InChI=1S/C42H25N3.C38H23N3/c1-4-12-31-26(9-1)17-18-29-25-30(19-22-32(29)31)41-35-15-7-8-16-36(35)43-42(44-41)45-37-23-20-27-10-2-5-13-33(27)39(37)40-34-14-6-3-11-28(34)21-24-38(40)45;1-4-14-27-24(10-1)13-9-18-30(27)37-31-17-7-8-19-32(31)39-38(40-37)41-33-22-20-25-11-2-5-15-28(25)35(33)36-29-16-6-3-12-26(29)21-23-34(36)41/h1-25H;1-23H. The molecular weight excluding hydrogens is 1040 g/mol. The normalized spacial score (nSPS) is 12.0. The quantitative estimate of drug-likeness (QED) is 0.165. The Bertz CT molecular complexity index is 5860. The third-order valence-electron chi connectivity index (χ3n) is 17.7. The van der Waals surface area contributed by atoms with Gasteiger partial charge in [0.25, 0.3) is 0 Å². The van der Waals surface area contributed by atoms with Gasteiger partial charge in [-0.05, 0) is 118 Å². The minimum Gasteiger partial charge on any atom is -0.278 e. The van der Waals surface area contributed by atoms with Gasteiger partial charge in [-0.25, -0.2) is 19.9 Å². The van der Waals surface area contributed by atoms with Gasteiger partial charge in [0.05, 0.1) is 44.5 Å². The summed E-state index contributed by atoms with van der Waals surface area (Å²) < 4.78 is 4.51. The van der Waals surface area contributed by atoms with E-state index in [9.17, 15) is 0 Å². The predicted octanol–water partition coefficient (Wildman–Crippen LogP) is 20.9. The average molecular weight is 1090 g/mol. The number of rotatable bonds is 4. The lowest BCUT2D eigenvalue weighted by Crippen LogP contribution is -2.03. The lowest BCUT2D eigenvalue weighted by molar-refractivity contribution is 1.01. The first-order valence-electron chi connectivity index (χ1n) is 29.3. The molecule has 0 fully saturated rings. The molecule has 4 aromatic heterocycles. The summed E-state index contributed by atoms with van der Waals surface area (Å²) in [4.78, 5) is 21.2. The number of nitrogens with zero attached hydrogens (tertiary/aromatic N) is 6. The zero-order valence-corrected chi connectivity index (χ0v) is 46.4. The van der Waals surface area contributed by atoms with Gasteiger partial charge >= 0.3 is 0 Å². The van der Waals surface area contributed by atoms with Gasteiger partial charge in [0.1, 0.15) is 0 Å². The van der Waals surface area contributed by atoms with Crippen molar-refractivity contribution >= 4 is 141 Å². The zero-order chi connectivity index (χ0) is 56.4. The second kappa shape index (κ2) is 19.0. The number of para-hydroxylation sites is 2. The van der Waals surface area contributed by atoms with Crippen molar-refractivity contribution in [2.45, 2.75) is 0 Å². The van der Waals surface area contributed by atoms with E-state index >= 15 is 0 Å². The maximum Gasteiger partial charge on any atom is 0.235 e. The van der Waals surface area contributed by atoms with Gasteiger partial charge in [0.15, 0.2) is 0 Å².